The van der Waals surface area contributed by atoms with Gasteiger partial charge in [0.05, 0.1) is 5.56 Å². The predicted octanol–water partition coefficient (Wildman–Crippen LogP) is 1.92. The second-order valence-corrected chi connectivity index (χ2v) is 4.82. The molecular weight excluding hydrogens is 246 g/mol. The van der Waals surface area contributed by atoms with Crippen LogP contribution in [0.4, 0.5) is 0 Å². The van der Waals surface area contributed by atoms with E-state index < -0.39 is 0 Å². The SMILES string of the molecule is Cc1cnc(Sc2nccc(C)c2C(=N)N)nc1. The Balaban J connectivity index is 2.37. The summed E-state index contributed by atoms with van der Waals surface area (Å²) >= 11 is 1.31. The Morgan fingerprint density at radius 1 is 1.22 bits per heavy atom. The zero-order chi connectivity index (χ0) is 13.1. The van der Waals surface area contributed by atoms with Gasteiger partial charge in [0.25, 0.3) is 0 Å². The average Bonchev–Trinajstić information content (AvgIpc) is 2.32. The van der Waals surface area contributed by atoms with Gasteiger partial charge in [-0.25, -0.2) is 15.0 Å². The molecule has 2 aromatic heterocycles. The number of nitrogens with one attached hydrogen (secondary N) is 1. The molecule has 2 heterocycles. The van der Waals surface area contributed by atoms with Crippen molar-refractivity contribution in [3.8, 4) is 0 Å². The summed E-state index contributed by atoms with van der Waals surface area (Å²) in [6.45, 7) is 3.83. The summed E-state index contributed by atoms with van der Waals surface area (Å²) in [7, 11) is 0. The number of rotatable bonds is 3. The van der Waals surface area contributed by atoms with Crippen LogP contribution in [0, 0.1) is 19.3 Å². The molecule has 0 saturated carbocycles. The highest BCUT2D eigenvalue weighted by Gasteiger charge is 2.12. The van der Waals surface area contributed by atoms with E-state index in [4.69, 9.17) is 11.1 Å². The highest BCUT2D eigenvalue weighted by atomic mass is 32.2. The third kappa shape index (κ3) is 2.65. The summed E-state index contributed by atoms with van der Waals surface area (Å²) in [6.07, 6.45) is 5.19. The molecule has 0 aliphatic carbocycles. The van der Waals surface area contributed by atoms with Crippen molar-refractivity contribution < 1.29 is 0 Å². The third-order valence-corrected chi connectivity index (χ3v) is 3.24. The lowest BCUT2D eigenvalue weighted by Crippen LogP contribution is -2.15. The Morgan fingerprint density at radius 3 is 2.50 bits per heavy atom. The molecule has 3 N–H and O–H groups in total. The van der Waals surface area contributed by atoms with Crippen LogP contribution in [0.2, 0.25) is 0 Å². The molecule has 18 heavy (non-hydrogen) atoms. The van der Waals surface area contributed by atoms with Gasteiger partial charge in [-0.15, -0.1) is 0 Å². The van der Waals surface area contributed by atoms with E-state index in [1.807, 2.05) is 19.9 Å². The minimum Gasteiger partial charge on any atom is -0.384 e. The van der Waals surface area contributed by atoms with Crippen LogP contribution < -0.4 is 5.73 Å². The third-order valence-electron chi connectivity index (χ3n) is 2.34. The van der Waals surface area contributed by atoms with Crippen molar-refractivity contribution in [2.45, 2.75) is 24.0 Å². The minimum atomic E-state index is 0.00946. The van der Waals surface area contributed by atoms with Crippen LogP contribution in [0.25, 0.3) is 0 Å². The highest BCUT2D eigenvalue weighted by Crippen LogP contribution is 2.27. The van der Waals surface area contributed by atoms with Crippen LogP contribution >= 0.6 is 11.8 Å². The fourth-order valence-electron chi connectivity index (χ4n) is 1.46. The molecule has 2 aromatic rings. The van der Waals surface area contributed by atoms with Crippen LogP contribution in [-0.4, -0.2) is 20.8 Å². The van der Waals surface area contributed by atoms with Gasteiger partial charge < -0.3 is 5.73 Å². The zero-order valence-corrected chi connectivity index (χ0v) is 11.0. The lowest BCUT2D eigenvalue weighted by Gasteiger charge is -2.08. The van der Waals surface area contributed by atoms with E-state index >= 15 is 0 Å². The number of hydrogen-bond donors (Lipinski definition) is 2. The molecule has 0 radical (unpaired) electrons. The molecule has 0 amide bonds. The van der Waals surface area contributed by atoms with Gasteiger partial charge in [-0.1, -0.05) is 0 Å². The second-order valence-electron chi connectivity index (χ2n) is 3.87. The Hall–Kier alpha value is -1.95. The second kappa shape index (κ2) is 5.14. The zero-order valence-electron chi connectivity index (χ0n) is 10.1. The first-order valence-corrected chi connectivity index (χ1v) is 6.16. The van der Waals surface area contributed by atoms with Gasteiger partial charge in [-0.3, -0.25) is 5.41 Å². The molecule has 0 aliphatic heterocycles. The number of hydrogen-bond acceptors (Lipinski definition) is 5. The number of nitrogen functional groups attached to an aromatic ring is 1. The fourth-order valence-corrected chi connectivity index (χ4v) is 2.33. The Labute approximate surface area is 109 Å². The van der Waals surface area contributed by atoms with Crippen LogP contribution in [0.5, 0.6) is 0 Å². The van der Waals surface area contributed by atoms with Crippen LogP contribution in [0.15, 0.2) is 34.8 Å². The largest absolute Gasteiger partial charge is 0.384 e. The summed E-state index contributed by atoms with van der Waals surface area (Å²) in [4.78, 5) is 12.6. The summed E-state index contributed by atoms with van der Waals surface area (Å²) in [5.41, 5.74) is 8.15. The van der Waals surface area contributed by atoms with Gasteiger partial charge in [-0.2, -0.15) is 0 Å². The molecule has 0 unspecified atom stereocenters. The normalized spacial score (nSPS) is 10.3. The Kier molecular flexibility index (Phi) is 3.57. The van der Waals surface area contributed by atoms with Crippen molar-refractivity contribution in [3.63, 3.8) is 0 Å². The molecule has 0 atom stereocenters. The number of aryl methyl sites for hydroxylation is 2. The summed E-state index contributed by atoms with van der Waals surface area (Å²) in [5.74, 6) is 0.00946. The van der Waals surface area contributed by atoms with Gasteiger partial charge in [0, 0.05) is 18.6 Å². The van der Waals surface area contributed by atoms with Crippen LogP contribution in [-0.2, 0) is 0 Å². The topological polar surface area (TPSA) is 88.5 Å². The number of nitrogens with zero attached hydrogens (tertiary/aromatic N) is 3. The quantitative estimate of drug-likeness (QED) is 0.499. The van der Waals surface area contributed by atoms with E-state index in [0.29, 0.717) is 15.7 Å². The van der Waals surface area contributed by atoms with E-state index in [0.717, 1.165) is 11.1 Å². The summed E-state index contributed by atoms with van der Waals surface area (Å²) in [5, 5.41) is 8.86. The predicted molar refractivity (Wildman–Crippen MR) is 70.9 cm³/mol. The lowest BCUT2D eigenvalue weighted by atomic mass is 10.1. The smallest absolute Gasteiger partial charge is 0.193 e. The maximum atomic E-state index is 7.60. The molecule has 0 fully saturated rings. The fraction of sp³-hybridized carbons (Fsp3) is 0.167. The number of pyridine rings is 1. The van der Waals surface area contributed by atoms with E-state index in [2.05, 4.69) is 15.0 Å². The molecule has 0 bridgehead atoms. The number of aromatic nitrogens is 3. The van der Waals surface area contributed by atoms with Gasteiger partial charge in [0.15, 0.2) is 5.16 Å². The van der Waals surface area contributed by atoms with Crippen LogP contribution in [0.3, 0.4) is 0 Å². The minimum absolute atomic E-state index is 0.00946. The van der Waals surface area contributed by atoms with E-state index in [-0.39, 0.29) is 5.84 Å². The molecule has 0 aliphatic rings. The number of nitrogens with two attached hydrogens (primary N) is 1. The first-order chi connectivity index (χ1) is 8.58. The molecular formula is C12H13N5S. The molecule has 0 aromatic carbocycles. The first-order valence-electron chi connectivity index (χ1n) is 5.34. The van der Waals surface area contributed by atoms with Crippen molar-refractivity contribution in [1.82, 2.24) is 15.0 Å². The van der Waals surface area contributed by atoms with Gasteiger partial charge in [-0.05, 0) is 42.8 Å². The molecule has 6 heteroatoms. The maximum absolute atomic E-state index is 7.60. The van der Waals surface area contributed by atoms with E-state index in [1.165, 1.54) is 11.8 Å². The lowest BCUT2D eigenvalue weighted by molar-refractivity contribution is 0.943. The van der Waals surface area contributed by atoms with E-state index in [1.54, 1.807) is 18.6 Å². The number of amidine groups is 1. The molecule has 0 spiro atoms. The standard InChI is InChI=1S/C12H13N5S/c1-7-5-16-12(17-6-7)18-11-9(10(13)14)8(2)3-4-15-11/h3-6H,1-2H3,(H3,13,14). The molecule has 0 saturated heterocycles. The Morgan fingerprint density at radius 2 is 1.89 bits per heavy atom. The van der Waals surface area contributed by atoms with Crippen molar-refractivity contribution >= 4 is 17.6 Å². The van der Waals surface area contributed by atoms with E-state index in [9.17, 15) is 0 Å². The van der Waals surface area contributed by atoms with Gasteiger partial charge in [0.1, 0.15) is 10.9 Å². The van der Waals surface area contributed by atoms with Crippen LogP contribution in [0.1, 0.15) is 16.7 Å². The summed E-state index contributed by atoms with van der Waals surface area (Å²) in [6, 6.07) is 1.83. The van der Waals surface area contributed by atoms with Gasteiger partial charge in [0.2, 0.25) is 0 Å². The molecule has 5 nitrogen and oxygen atoms in total. The van der Waals surface area contributed by atoms with Crippen molar-refractivity contribution in [1.29, 1.82) is 5.41 Å². The van der Waals surface area contributed by atoms with Gasteiger partial charge >= 0.3 is 0 Å². The molecule has 92 valence electrons. The monoisotopic (exact) mass is 259 g/mol. The summed E-state index contributed by atoms with van der Waals surface area (Å²) < 4.78 is 0. The van der Waals surface area contributed by atoms with Crippen molar-refractivity contribution in [3.05, 3.63) is 41.3 Å². The Bertz CT molecular complexity index is 580. The highest BCUT2D eigenvalue weighted by molar-refractivity contribution is 7.99. The first kappa shape index (κ1) is 12.5. The van der Waals surface area contributed by atoms with Crippen molar-refractivity contribution in [2.24, 2.45) is 5.73 Å². The molecule has 2 rings (SSSR count). The maximum Gasteiger partial charge on any atom is 0.193 e. The van der Waals surface area contributed by atoms with Crippen molar-refractivity contribution in [2.75, 3.05) is 0 Å². The average molecular weight is 259 g/mol.